The number of hydrogen-bond acceptors (Lipinski definition) is 8. The van der Waals surface area contributed by atoms with Gasteiger partial charge in [0.05, 0.1) is 19.8 Å². The second-order valence-electron chi connectivity index (χ2n) is 7.21. The van der Waals surface area contributed by atoms with E-state index in [1.165, 1.54) is 0 Å². The molecule has 10 nitrogen and oxygen atoms in total. The topological polar surface area (TPSA) is 128 Å². The normalized spacial score (nSPS) is 13.8. The number of carbonyl (C=O) groups excluding carboxylic acids is 5. The molecular formula is C20H32N2O8. The molecule has 0 atom stereocenters. The Hall–Kier alpha value is -2.33. The van der Waals surface area contributed by atoms with Crippen molar-refractivity contribution >= 4 is 29.5 Å². The number of hydrogen-bond donors (Lipinski definition) is 1. The summed E-state index contributed by atoms with van der Waals surface area (Å²) in [5, 5.41) is 3.25. The zero-order chi connectivity index (χ0) is 22.4. The van der Waals surface area contributed by atoms with Crippen LogP contribution in [0.25, 0.3) is 0 Å². The van der Waals surface area contributed by atoms with E-state index in [9.17, 15) is 24.0 Å². The molecule has 0 bridgehead atoms. The molecule has 0 aromatic rings. The number of carbonyl (C=O) groups is 5. The molecule has 3 amide bonds. The van der Waals surface area contributed by atoms with Crippen LogP contribution in [0, 0.1) is 5.92 Å². The minimum absolute atomic E-state index is 0.00629. The van der Waals surface area contributed by atoms with E-state index >= 15 is 0 Å². The Morgan fingerprint density at radius 3 is 2.13 bits per heavy atom. The number of imide groups is 1. The number of ether oxygens (including phenoxy) is 2. The quantitative estimate of drug-likeness (QED) is 0.284. The van der Waals surface area contributed by atoms with Gasteiger partial charge < -0.3 is 19.6 Å². The van der Waals surface area contributed by atoms with Crippen LogP contribution in [-0.4, -0.2) is 67.5 Å². The van der Waals surface area contributed by atoms with Gasteiger partial charge in [0, 0.05) is 51.2 Å². The fraction of sp³-hybridized carbons (Fsp3) is 0.750. The molecule has 0 radical (unpaired) electrons. The first-order valence-corrected chi connectivity index (χ1v) is 10.3. The summed E-state index contributed by atoms with van der Waals surface area (Å²) >= 11 is 0. The highest BCUT2D eigenvalue weighted by atomic mass is 16.7. The van der Waals surface area contributed by atoms with Crippen molar-refractivity contribution in [2.45, 2.75) is 58.8 Å². The molecule has 10 heteroatoms. The summed E-state index contributed by atoms with van der Waals surface area (Å²) in [6.45, 7) is 5.78. The maximum absolute atomic E-state index is 11.8. The Balaban J connectivity index is 1.91. The molecule has 1 aliphatic heterocycles. The van der Waals surface area contributed by atoms with Crippen LogP contribution in [0.1, 0.15) is 58.8 Å². The molecule has 1 N–H and O–H groups in total. The summed E-state index contributed by atoms with van der Waals surface area (Å²) in [7, 11) is 0. The summed E-state index contributed by atoms with van der Waals surface area (Å²) in [6.07, 6.45) is 1.52. The predicted molar refractivity (Wildman–Crippen MR) is 105 cm³/mol. The van der Waals surface area contributed by atoms with Crippen molar-refractivity contribution in [1.29, 1.82) is 0 Å². The largest absolute Gasteiger partial charge is 0.379 e. The Morgan fingerprint density at radius 1 is 0.900 bits per heavy atom. The van der Waals surface area contributed by atoms with Crippen molar-refractivity contribution < 1.29 is 38.3 Å². The molecule has 0 aromatic carbocycles. The van der Waals surface area contributed by atoms with Gasteiger partial charge in [0.2, 0.25) is 5.91 Å². The maximum Gasteiger partial charge on any atom is 0.333 e. The lowest BCUT2D eigenvalue weighted by molar-refractivity contribution is -0.197. The molecule has 1 heterocycles. The number of amides is 3. The first-order valence-electron chi connectivity index (χ1n) is 10.3. The zero-order valence-corrected chi connectivity index (χ0v) is 17.8. The van der Waals surface area contributed by atoms with E-state index in [2.05, 4.69) is 5.32 Å². The van der Waals surface area contributed by atoms with Crippen molar-refractivity contribution in [1.82, 2.24) is 10.4 Å². The molecule has 1 rings (SSSR count). The lowest BCUT2D eigenvalue weighted by atomic mass is 10.1. The van der Waals surface area contributed by atoms with Crippen LogP contribution in [0.2, 0.25) is 0 Å². The van der Waals surface area contributed by atoms with Crippen molar-refractivity contribution in [3.63, 3.8) is 0 Å². The third-order valence-corrected chi connectivity index (χ3v) is 4.22. The van der Waals surface area contributed by atoms with E-state index in [1.54, 1.807) is 0 Å². The van der Waals surface area contributed by atoms with Crippen LogP contribution < -0.4 is 5.32 Å². The van der Waals surface area contributed by atoms with Crippen molar-refractivity contribution in [3.05, 3.63) is 0 Å². The Kier molecular flexibility index (Phi) is 12.5. The fourth-order valence-corrected chi connectivity index (χ4v) is 2.50. The summed E-state index contributed by atoms with van der Waals surface area (Å²) in [4.78, 5) is 62.2. The SMILES string of the molecule is CC(C)C(=O)NCCOCCOCCCC(=O)CCCC(=O)ON1C(=O)CCC1=O. The van der Waals surface area contributed by atoms with E-state index in [-0.39, 0.29) is 43.3 Å². The van der Waals surface area contributed by atoms with Gasteiger partial charge in [0.15, 0.2) is 0 Å². The van der Waals surface area contributed by atoms with Crippen molar-refractivity contribution in [3.8, 4) is 0 Å². The number of rotatable bonds is 16. The molecular weight excluding hydrogens is 396 g/mol. The number of ketones is 1. The summed E-state index contributed by atoms with van der Waals surface area (Å²) < 4.78 is 10.7. The van der Waals surface area contributed by atoms with Gasteiger partial charge in [-0.3, -0.25) is 19.2 Å². The van der Waals surface area contributed by atoms with Gasteiger partial charge in [-0.1, -0.05) is 13.8 Å². The number of Topliss-reactive ketones (excluding diaryl/α,β-unsaturated/α-hetero) is 1. The maximum atomic E-state index is 11.8. The van der Waals surface area contributed by atoms with Crippen LogP contribution in [-0.2, 0) is 38.3 Å². The highest BCUT2D eigenvalue weighted by Gasteiger charge is 2.32. The minimum Gasteiger partial charge on any atom is -0.379 e. The summed E-state index contributed by atoms with van der Waals surface area (Å²) in [5.41, 5.74) is 0. The van der Waals surface area contributed by atoms with Gasteiger partial charge in [-0.05, 0) is 12.8 Å². The first kappa shape index (κ1) is 25.7. The summed E-state index contributed by atoms with van der Waals surface area (Å²) in [5.74, 6) is -1.78. The second-order valence-corrected chi connectivity index (χ2v) is 7.21. The number of nitrogens with zero attached hydrogens (tertiary/aromatic N) is 1. The third kappa shape index (κ3) is 11.0. The third-order valence-electron chi connectivity index (χ3n) is 4.22. The van der Waals surface area contributed by atoms with Gasteiger partial charge in [-0.15, -0.1) is 5.06 Å². The Bertz CT molecular complexity index is 590. The molecule has 0 aromatic heterocycles. The average molecular weight is 428 g/mol. The lowest BCUT2D eigenvalue weighted by Gasteiger charge is -2.12. The van der Waals surface area contributed by atoms with Gasteiger partial charge in [0.25, 0.3) is 11.8 Å². The van der Waals surface area contributed by atoms with E-state index in [4.69, 9.17) is 14.3 Å². The van der Waals surface area contributed by atoms with Crippen molar-refractivity contribution in [2.75, 3.05) is 33.0 Å². The first-order chi connectivity index (χ1) is 14.3. The molecule has 1 saturated heterocycles. The van der Waals surface area contributed by atoms with Crippen LogP contribution in [0.3, 0.4) is 0 Å². The predicted octanol–water partition coefficient (Wildman–Crippen LogP) is 0.919. The number of nitrogens with one attached hydrogen (secondary N) is 1. The van der Waals surface area contributed by atoms with Gasteiger partial charge in [-0.2, -0.15) is 0 Å². The zero-order valence-electron chi connectivity index (χ0n) is 17.8. The van der Waals surface area contributed by atoms with Gasteiger partial charge in [0.1, 0.15) is 5.78 Å². The molecule has 1 fully saturated rings. The van der Waals surface area contributed by atoms with Gasteiger partial charge in [-0.25, -0.2) is 4.79 Å². The lowest BCUT2D eigenvalue weighted by Crippen LogP contribution is -2.32. The molecule has 0 spiro atoms. The minimum atomic E-state index is -0.696. The van der Waals surface area contributed by atoms with Crippen molar-refractivity contribution in [2.24, 2.45) is 5.92 Å². The molecule has 30 heavy (non-hydrogen) atoms. The van der Waals surface area contributed by atoms with Crippen LogP contribution in [0.4, 0.5) is 0 Å². The second kappa shape index (κ2) is 14.6. The smallest absolute Gasteiger partial charge is 0.333 e. The standard InChI is InChI=1S/C20H32N2O8/c1-15(2)20(27)21-10-12-29-14-13-28-11-4-6-16(23)5-3-7-19(26)30-22-17(24)8-9-18(22)25/h15H,3-14H2,1-2H3,(H,21,27). The Morgan fingerprint density at radius 2 is 1.50 bits per heavy atom. The summed E-state index contributed by atoms with van der Waals surface area (Å²) in [6, 6.07) is 0. The van der Waals surface area contributed by atoms with Crippen LogP contribution in [0.15, 0.2) is 0 Å². The molecule has 170 valence electrons. The molecule has 0 saturated carbocycles. The Labute approximate surface area is 176 Å². The van der Waals surface area contributed by atoms with Gasteiger partial charge >= 0.3 is 5.97 Å². The monoisotopic (exact) mass is 428 g/mol. The highest BCUT2D eigenvalue weighted by molar-refractivity contribution is 6.01. The fourth-order valence-electron chi connectivity index (χ4n) is 2.50. The molecule has 0 aliphatic carbocycles. The number of hydroxylamine groups is 2. The average Bonchev–Trinajstić information content (AvgIpc) is 3.01. The van der Waals surface area contributed by atoms with E-state index < -0.39 is 17.8 Å². The molecule has 1 aliphatic rings. The highest BCUT2D eigenvalue weighted by Crippen LogP contribution is 2.13. The van der Waals surface area contributed by atoms with E-state index in [1.807, 2.05) is 13.8 Å². The molecule has 0 unspecified atom stereocenters. The van der Waals surface area contributed by atoms with Crippen LogP contribution in [0.5, 0.6) is 0 Å². The van der Waals surface area contributed by atoms with E-state index in [0.717, 1.165) is 0 Å². The van der Waals surface area contributed by atoms with Crippen LogP contribution >= 0.6 is 0 Å². The van der Waals surface area contributed by atoms with E-state index in [0.29, 0.717) is 57.3 Å².